The zero-order chi connectivity index (χ0) is 17.4. The van der Waals surface area contributed by atoms with E-state index in [1.165, 1.54) is 0 Å². The fourth-order valence-corrected chi connectivity index (χ4v) is 3.73. The Morgan fingerprint density at radius 2 is 1.60 bits per heavy atom. The molecule has 1 heterocycles. The molecule has 1 aliphatic heterocycles. The molecule has 0 bridgehead atoms. The summed E-state index contributed by atoms with van der Waals surface area (Å²) in [5, 5.41) is 3.02. The summed E-state index contributed by atoms with van der Waals surface area (Å²) in [4.78, 5) is 28.1. The lowest BCUT2D eigenvalue weighted by Gasteiger charge is -2.45. The van der Waals surface area contributed by atoms with Gasteiger partial charge in [0.15, 0.2) is 0 Å². The lowest BCUT2D eigenvalue weighted by atomic mass is 9.86. The molecular formula is C21H22N2O2. The number of carbonyl (C=O) groups is 2. The molecule has 2 atom stereocenters. The summed E-state index contributed by atoms with van der Waals surface area (Å²) in [7, 11) is 0. The maximum atomic E-state index is 13.5. The minimum Gasteiger partial charge on any atom is -0.336 e. The van der Waals surface area contributed by atoms with Gasteiger partial charge in [-0.2, -0.15) is 0 Å². The van der Waals surface area contributed by atoms with Crippen LogP contribution in [0.4, 0.5) is 0 Å². The van der Waals surface area contributed by atoms with Gasteiger partial charge in [-0.1, -0.05) is 60.7 Å². The van der Waals surface area contributed by atoms with Crippen molar-refractivity contribution < 1.29 is 9.59 Å². The van der Waals surface area contributed by atoms with Gasteiger partial charge in [-0.15, -0.1) is 0 Å². The van der Waals surface area contributed by atoms with Crippen molar-refractivity contribution in [1.82, 2.24) is 10.2 Å². The Morgan fingerprint density at radius 3 is 2.20 bits per heavy atom. The molecule has 4 heteroatoms. The largest absolute Gasteiger partial charge is 0.336 e. The molecule has 1 saturated heterocycles. The van der Waals surface area contributed by atoms with Crippen molar-refractivity contribution in [3.8, 4) is 0 Å². The van der Waals surface area contributed by atoms with Crippen molar-refractivity contribution in [1.29, 1.82) is 0 Å². The SMILES string of the molecule is CC1(c2ccccc2)NC(=O)C(C2CC2)N(Cc2ccccc2)C1=O. The average molecular weight is 334 g/mol. The minimum absolute atomic E-state index is 0.0287. The van der Waals surface area contributed by atoms with Crippen LogP contribution < -0.4 is 5.32 Å². The van der Waals surface area contributed by atoms with Gasteiger partial charge in [0.2, 0.25) is 5.91 Å². The second-order valence-electron chi connectivity index (χ2n) is 7.18. The Labute approximate surface area is 147 Å². The predicted octanol–water partition coefficient (Wildman–Crippen LogP) is 2.84. The number of benzene rings is 2. The number of rotatable bonds is 4. The van der Waals surface area contributed by atoms with Crippen LogP contribution in [0.25, 0.3) is 0 Å². The molecule has 2 aliphatic rings. The summed E-state index contributed by atoms with van der Waals surface area (Å²) in [6.45, 7) is 2.28. The predicted molar refractivity (Wildman–Crippen MR) is 95.4 cm³/mol. The average Bonchev–Trinajstić information content (AvgIpc) is 3.46. The molecule has 0 spiro atoms. The van der Waals surface area contributed by atoms with E-state index in [1.807, 2.05) is 67.6 Å². The first-order valence-corrected chi connectivity index (χ1v) is 8.82. The van der Waals surface area contributed by atoms with Gasteiger partial charge in [0, 0.05) is 6.54 Å². The summed E-state index contributed by atoms with van der Waals surface area (Å²) < 4.78 is 0. The molecule has 0 aromatic heterocycles. The van der Waals surface area contributed by atoms with E-state index in [0.29, 0.717) is 6.54 Å². The summed E-state index contributed by atoms with van der Waals surface area (Å²) in [6.07, 6.45) is 2.03. The first kappa shape index (κ1) is 15.9. The van der Waals surface area contributed by atoms with Crippen LogP contribution in [0, 0.1) is 5.92 Å². The van der Waals surface area contributed by atoms with Crippen molar-refractivity contribution in [2.24, 2.45) is 5.92 Å². The molecule has 2 aromatic rings. The third-order valence-electron chi connectivity index (χ3n) is 5.28. The van der Waals surface area contributed by atoms with E-state index in [0.717, 1.165) is 24.0 Å². The molecule has 2 aromatic carbocycles. The Hall–Kier alpha value is -2.62. The minimum atomic E-state index is -1.02. The highest BCUT2D eigenvalue weighted by Gasteiger charge is 2.53. The third kappa shape index (κ3) is 2.82. The summed E-state index contributed by atoms with van der Waals surface area (Å²) in [6, 6.07) is 19.0. The smallest absolute Gasteiger partial charge is 0.253 e. The van der Waals surface area contributed by atoms with Gasteiger partial charge in [-0.25, -0.2) is 0 Å². The monoisotopic (exact) mass is 334 g/mol. The molecule has 1 saturated carbocycles. The highest BCUT2D eigenvalue weighted by Crippen LogP contribution is 2.40. The molecule has 25 heavy (non-hydrogen) atoms. The van der Waals surface area contributed by atoms with Gasteiger partial charge in [-0.3, -0.25) is 9.59 Å². The summed E-state index contributed by atoms with van der Waals surface area (Å²) in [5.74, 6) is 0.219. The van der Waals surface area contributed by atoms with E-state index in [9.17, 15) is 9.59 Å². The number of hydrogen-bond acceptors (Lipinski definition) is 2. The van der Waals surface area contributed by atoms with Crippen LogP contribution in [0.15, 0.2) is 60.7 Å². The van der Waals surface area contributed by atoms with Gasteiger partial charge < -0.3 is 10.2 Å². The molecule has 128 valence electrons. The lowest BCUT2D eigenvalue weighted by Crippen LogP contribution is -2.67. The normalized spacial score (nSPS) is 26.4. The van der Waals surface area contributed by atoms with Crippen LogP contribution >= 0.6 is 0 Å². The lowest BCUT2D eigenvalue weighted by molar-refractivity contribution is -0.156. The molecule has 2 unspecified atom stereocenters. The standard InChI is InChI=1S/C21H22N2O2/c1-21(17-10-6-3-7-11-17)20(25)23(14-15-8-4-2-5-9-15)18(16-12-13-16)19(24)22-21/h2-11,16,18H,12-14H2,1H3,(H,22,24). The number of hydrogen-bond donors (Lipinski definition) is 1. The molecule has 2 amide bonds. The zero-order valence-corrected chi connectivity index (χ0v) is 14.3. The van der Waals surface area contributed by atoms with Crippen molar-refractivity contribution in [2.45, 2.75) is 37.9 Å². The summed E-state index contributed by atoms with van der Waals surface area (Å²) >= 11 is 0. The van der Waals surface area contributed by atoms with Crippen molar-refractivity contribution in [3.05, 3.63) is 71.8 Å². The first-order chi connectivity index (χ1) is 12.1. The third-order valence-corrected chi connectivity index (χ3v) is 5.28. The van der Waals surface area contributed by atoms with Gasteiger partial charge in [0.05, 0.1) is 0 Å². The first-order valence-electron chi connectivity index (χ1n) is 8.82. The Balaban J connectivity index is 1.72. The number of nitrogens with one attached hydrogen (secondary N) is 1. The van der Waals surface area contributed by atoms with Crippen molar-refractivity contribution in [3.63, 3.8) is 0 Å². The van der Waals surface area contributed by atoms with E-state index < -0.39 is 5.54 Å². The maximum Gasteiger partial charge on any atom is 0.253 e. The Bertz CT molecular complexity index is 786. The Kier molecular flexibility index (Phi) is 3.83. The van der Waals surface area contributed by atoms with E-state index >= 15 is 0 Å². The molecule has 4 nitrogen and oxygen atoms in total. The van der Waals surface area contributed by atoms with Crippen LogP contribution in [0.3, 0.4) is 0 Å². The fourth-order valence-electron chi connectivity index (χ4n) is 3.73. The van der Waals surface area contributed by atoms with Crippen LogP contribution in [-0.4, -0.2) is 22.8 Å². The van der Waals surface area contributed by atoms with E-state index in [2.05, 4.69) is 5.32 Å². The zero-order valence-electron chi connectivity index (χ0n) is 14.3. The van der Waals surface area contributed by atoms with Crippen LogP contribution in [-0.2, 0) is 21.7 Å². The highest BCUT2D eigenvalue weighted by atomic mass is 16.2. The molecule has 2 fully saturated rings. The van der Waals surface area contributed by atoms with Gasteiger partial charge in [0.1, 0.15) is 11.6 Å². The second kappa shape index (κ2) is 6.03. The van der Waals surface area contributed by atoms with Gasteiger partial charge in [-0.05, 0) is 36.8 Å². The summed E-state index contributed by atoms with van der Waals surface area (Å²) in [5.41, 5.74) is 0.852. The molecule has 1 N–H and O–H groups in total. The van der Waals surface area contributed by atoms with Crippen LogP contribution in [0.1, 0.15) is 30.9 Å². The topological polar surface area (TPSA) is 49.4 Å². The number of nitrogens with zero attached hydrogens (tertiary/aromatic N) is 1. The molecule has 1 aliphatic carbocycles. The molecular weight excluding hydrogens is 312 g/mol. The number of piperazine rings is 1. The number of carbonyl (C=O) groups excluding carboxylic acids is 2. The van der Waals surface area contributed by atoms with Gasteiger partial charge >= 0.3 is 0 Å². The van der Waals surface area contributed by atoms with Gasteiger partial charge in [0.25, 0.3) is 5.91 Å². The molecule has 4 rings (SSSR count). The van der Waals surface area contributed by atoms with Crippen molar-refractivity contribution >= 4 is 11.8 Å². The van der Waals surface area contributed by atoms with Crippen LogP contribution in [0.2, 0.25) is 0 Å². The van der Waals surface area contributed by atoms with Crippen LogP contribution in [0.5, 0.6) is 0 Å². The van der Waals surface area contributed by atoms with E-state index in [4.69, 9.17) is 0 Å². The van der Waals surface area contributed by atoms with E-state index in [1.54, 1.807) is 4.90 Å². The quantitative estimate of drug-likeness (QED) is 0.935. The second-order valence-corrected chi connectivity index (χ2v) is 7.18. The number of amides is 2. The molecule has 0 radical (unpaired) electrons. The maximum absolute atomic E-state index is 13.5. The Morgan fingerprint density at radius 1 is 1.00 bits per heavy atom. The highest BCUT2D eigenvalue weighted by molar-refractivity contribution is 6.00. The van der Waals surface area contributed by atoms with E-state index in [-0.39, 0.29) is 23.8 Å². The fraction of sp³-hybridized carbons (Fsp3) is 0.333. The van der Waals surface area contributed by atoms with Crippen molar-refractivity contribution in [2.75, 3.05) is 0 Å².